The fourth-order valence-electron chi connectivity index (χ4n) is 2.12. The van der Waals surface area contributed by atoms with Crippen molar-refractivity contribution in [1.29, 1.82) is 0 Å². The van der Waals surface area contributed by atoms with Crippen molar-refractivity contribution in [2.45, 2.75) is 45.3 Å². The fraction of sp³-hybridized carbons (Fsp3) is 0.909. The summed E-state index contributed by atoms with van der Waals surface area (Å²) in [6.45, 7) is 10.0. The van der Waals surface area contributed by atoms with Crippen molar-refractivity contribution in [3.05, 3.63) is 0 Å². The molecular weight excluding hydrogens is 190 g/mol. The second-order valence-corrected chi connectivity index (χ2v) is 5.21. The van der Waals surface area contributed by atoms with Gasteiger partial charge >= 0.3 is 0 Å². The molecule has 0 aliphatic carbocycles. The summed E-state index contributed by atoms with van der Waals surface area (Å²) in [5.74, 6) is 0.134. The van der Waals surface area contributed by atoms with E-state index in [4.69, 9.17) is 0 Å². The van der Waals surface area contributed by atoms with Crippen LogP contribution >= 0.6 is 0 Å². The zero-order valence-electron chi connectivity index (χ0n) is 10.4. The van der Waals surface area contributed by atoms with E-state index in [0.29, 0.717) is 12.6 Å². The summed E-state index contributed by atoms with van der Waals surface area (Å²) < 4.78 is 0. The van der Waals surface area contributed by atoms with E-state index in [2.05, 4.69) is 43.2 Å². The van der Waals surface area contributed by atoms with Crippen LogP contribution in [-0.4, -0.2) is 48.6 Å². The van der Waals surface area contributed by atoms with E-state index < -0.39 is 0 Å². The number of hydrogen-bond donors (Lipinski definition) is 2. The van der Waals surface area contributed by atoms with Crippen molar-refractivity contribution < 1.29 is 4.79 Å². The maximum absolute atomic E-state index is 11.9. The van der Waals surface area contributed by atoms with E-state index in [1.165, 1.54) is 0 Å². The minimum atomic E-state index is -0.119. The second kappa shape index (κ2) is 4.49. The molecule has 0 spiro atoms. The first kappa shape index (κ1) is 12.5. The van der Waals surface area contributed by atoms with Gasteiger partial charge in [0, 0.05) is 24.7 Å². The molecule has 1 heterocycles. The third kappa shape index (κ3) is 2.92. The Labute approximate surface area is 92.4 Å². The summed E-state index contributed by atoms with van der Waals surface area (Å²) in [6, 6.07) is 0.358. The van der Waals surface area contributed by atoms with Crippen LogP contribution in [-0.2, 0) is 4.79 Å². The van der Waals surface area contributed by atoms with Crippen molar-refractivity contribution in [2.24, 2.45) is 0 Å². The maximum atomic E-state index is 11.9. The first-order chi connectivity index (χ1) is 6.87. The first-order valence-electron chi connectivity index (χ1n) is 5.60. The molecule has 1 rings (SSSR count). The van der Waals surface area contributed by atoms with Gasteiger partial charge in [0.1, 0.15) is 6.04 Å². The molecule has 2 N–H and O–H groups in total. The predicted molar refractivity (Wildman–Crippen MR) is 61.8 cm³/mol. The lowest BCUT2D eigenvalue weighted by Crippen LogP contribution is -2.67. The smallest absolute Gasteiger partial charge is 0.239 e. The quantitative estimate of drug-likeness (QED) is 0.703. The van der Waals surface area contributed by atoms with Gasteiger partial charge < -0.3 is 10.6 Å². The molecule has 1 aliphatic heterocycles. The number of amides is 1. The van der Waals surface area contributed by atoms with Crippen LogP contribution in [0.1, 0.15) is 27.7 Å². The van der Waals surface area contributed by atoms with Crippen molar-refractivity contribution >= 4 is 5.91 Å². The Kier molecular flexibility index (Phi) is 3.73. The Morgan fingerprint density at radius 3 is 2.67 bits per heavy atom. The van der Waals surface area contributed by atoms with E-state index in [1.54, 1.807) is 0 Å². The molecule has 0 radical (unpaired) electrons. The van der Waals surface area contributed by atoms with Crippen LogP contribution in [0.2, 0.25) is 0 Å². The topological polar surface area (TPSA) is 44.4 Å². The lowest BCUT2D eigenvalue weighted by Gasteiger charge is -2.45. The minimum absolute atomic E-state index is 0.0389. The highest BCUT2D eigenvalue weighted by Crippen LogP contribution is 2.18. The van der Waals surface area contributed by atoms with E-state index in [0.717, 1.165) is 6.54 Å². The van der Waals surface area contributed by atoms with Gasteiger partial charge in [-0.3, -0.25) is 9.69 Å². The molecule has 0 aromatic carbocycles. The second-order valence-electron chi connectivity index (χ2n) is 5.21. The van der Waals surface area contributed by atoms with E-state index in [1.807, 2.05) is 7.05 Å². The van der Waals surface area contributed by atoms with Crippen LogP contribution in [0.25, 0.3) is 0 Å². The molecule has 0 aromatic rings. The van der Waals surface area contributed by atoms with E-state index in [-0.39, 0.29) is 17.5 Å². The first-order valence-corrected chi connectivity index (χ1v) is 5.60. The molecule has 1 fully saturated rings. The third-order valence-electron chi connectivity index (χ3n) is 2.80. The van der Waals surface area contributed by atoms with Crippen molar-refractivity contribution in [1.82, 2.24) is 15.5 Å². The summed E-state index contributed by atoms with van der Waals surface area (Å²) >= 11 is 0. The number of hydrogen-bond acceptors (Lipinski definition) is 3. The van der Waals surface area contributed by atoms with Crippen LogP contribution in [0, 0.1) is 0 Å². The zero-order valence-corrected chi connectivity index (χ0v) is 10.4. The number of nitrogens with one attached hydrogen (secondary N) is 2. The summed E-state index contributed by atoms with van der Waals surface area (Å²) in [5.41, 5.74) is -0.119. The van der Waals surface area contributed by atoms with Gasteiger partial charge in [-0.15, -0.1) is 0 Å². The molecule has 1 saturated heterocycles. The SMILES string of the molecule is CNCC1C(=O)NC(C)(C)CN1C(C)C. The Morgan fingerprint density at radius 2 is 2.20 bits per heavy atom. The number of piperazine rings is 1. The number of nitrogens with zero attached hydrogens (tertiary/aromatic N) is 1. The van der Waals surface area contributed by atoms with Crippen molar-refractivity contribution in [2.75, 3.05) is 20.1 Å². The van der Waals surface area contributed by atoms with Gasteiger partial charge in [0.2, 0.25) is 5.91 Å². The van der Waals surface area contributed by atoms with Crippen LogP contribution in [0.15, 0.2) is 0 Å². The highest BCUT2D eigenvalue weighted by atomic mass is 16.2. The number of carbonyl (C=O) groups is 1. The van der Waals surface area contributed by atoms with Crippen LogP contribution < -0.4 is 10.6 Å². The Hall–Kier alpha value is -0.610. The molecule has 4 nitrogen and oxygen atoms in total. The highest BCUT2D eigenvalue weighted by molar-refractivity contribution is 5.83. The third-order valence-corrected chi connectivity index (χ3v) is 2.80. The maximum Gasteiger partial charge on any atom is 0.239 e. The predicted octanol–water partition coefficient (Wildman–Crippen LogP) is 0.193. The van der Waals surface area contributed by atoms with Gasteiger partial charge in [0.25, 0.3) is 0 Å². The van der Waals surface area contributed by atoms with Gasteiger partial charge in [0.05, 0.1) is 0 Å². The standard InChI is InChI=1S/C11H23N3O/c1-8(2)14-7-11(3,4)13-10(15)9(14)6-12-5/h8-9,12H,6-7H2,1-5H3,(H,13,15). The highest BCUT2D eigenvalue weighted by Gasteiger charge is 2.38. The molecule has 0 saturated carbocycles. The Bertz CT molecular complexity index is 238. The molecule has 4 heteroatoms. The Morgan fingerprint density at radius 1 is 1.60 bits per heavy atom. The number of carbonyl (C=O) groups excluding carboxylic acids is 1. The van der Waals surface area contributed by atoms with Crippen LogP contribution in [0.4, 0.5) is 0 Å². The molecule has 1 aliphatic rings. The normalized spacial score (nSPS) is 26.8. The van der Waals surface area contributed by atoms with Gasteiger partial charge in [-0.2, -0.15) is 0 Å². The summed E-state index contributed by atoms with van der Waals surface area (Å²) in [6.07, 6.45) is 0. The fourth-order valence-corrected chi connectivity index (χ4v) is 2.12. The van der Waals surface area contributed by atoms with Gasteiger partial charge in [-0.05, 0) is 34.7 Å². The van der Waals surface area contributed by atoms with Crippen LogP contribution in [0.5, 0.6) is 0 Å². The molecule has 15 heavy (non-hydrogen) atoms. The average Bonchev–Trinajstić information content (AvgIpc) is 2.08. The number of rotatable bonds is 3. The van der Waals surface area contributed by atoms with Gasteiger partial charge in [0.15, 0.2) is 0 Å². The summed E-state index contributed by atoms with van der Waals surface area (Å²) in [4.78, 5) is 14.2. The van der Waals surface area contributed by atoms with Crippen molar-refractivity contribution in [3.63, 3.8) is 0 Å². The van der Waals surface area contributed by atoms with E-state index in [9.17, 15) is 4.79 Å². The molecular formula is C11H23N3O. The van der Waals surface area contributed by atoms with Gasteiger partial charge in [-0.25, -0.2) is 0 Å². The molecule has 1 amide bonds. The summed E-state index contributed by atoms with van der Waals surface area (Å²) in [7, 11) is 1.88. The molecule has 1 atom stereocenters. The molecule has 1 unspecified atom stereocenters. The molecule has 0 aromatic heterocycles. The zero-order chi connectivity index (χ0) is 11.6. The molecule has 0 bridgehead atoms. The lowest BCUT2D eigenvalue weighted by molar-refractivity contribution is -0.133. The average molecular weight is 213 g/mol. The van der Waals surface area contributed by atoms with Crippen LogP contribution in [0.3, 0.4) is 0 Å². The summed E-state index contributed by atoms with van der Waals surface area (Å²) in [5, 5.41) is 6.13. The minimum Gasteiger partial charge on any atom is -0.349 e. The van der Waals surface area contributed by atoms with E-state index >= 15 is 0 Å². The Balaban J connectivity index is 2.81. The lowest BCUT2D eigenvalue weighted by atomic mass is 9.96. The number of likely N-dealkylation sites (N-methyl/N-ethyl adjacent to an activating group) is 1. The monoisotopic (exact) mass is 213 g/mol. The van der Waals surface area contributed by atoms with Crippen molar-refractivity contribution in [3.8, 4) is 0 Å². The molecule has 88 valence electrons. The largest absolute Gasteiger partial charge is 0.349 e. The van der Waals surface area contributed by atoms with Gasteiger partial charge in [-0.1, -0.05) is 0 Å².